The number of hydrogen-bond acceptors (Lipinski definition) is 4. The molecule has 0 aliphatic heterocycles. The highest BCUT2D eigenvalue weighted by molar-refractivity contribution is 7.89. The normalized spacial score (nSPS) is 11.8. The summed E-state index contributed by atoms with van der Waals surface area (Å²) in [5, 5.41) is 4.02. The van der Waals surface area contributed by atoms with Gasteiger partial charge in [-0.3, -0.25) is 4.79 Å². The van der Waals surface area contributed by atoms with E-state index < -0.39 is 10.0 Å². The maximum Gasteiger partial charge on any atom is 0.243 e. The van der Waals surface area contributed by atoms with E-state index in [4.69, 9.17) is 0 Å². The summed E-state index contributed by atoms with van der Waals surface area (Å²) in [7, 11) is 0.0986. The Hall–Kier alpha value is -2.84. The van der Waals surface area contributed by atoms with E-state index in [2.05, 4.69) is 10.3 Å². The minimum absolute atomic E-state index is 0.161. The standard InChI is InChI=1S/C23H30N4O3S/c1-5-27(6-2)31(29,30)18-12-13-22(26(3)4)21(15-18)25-23(28)14-11-17-16-24-20-10-8-7-9-19(17)20/h7-10,12-13,15-16,24H,5-6,11,14H2,1-4H3,(H,25,28). The van der Waals surface area contributed by atoms with Gasteiger partial charge in [0.15, 0.2) is 0 Å². The Morgan fingerprint density at radius 2 is 1.77 bits per heavy atom. The van der Waals surface area contributed by atoms with Gasteiger partial charge in [-0.25, -0.2) is 8.42 Å². The number of amides is 1. The van der Waals surface area contributed by atoms with Crippen molar-refractivity contribution < 1.29 is 13.2 Å². The zero-order chi connectivity index (χ0) is 22.6. The number of aromatic amines is 1. The minimum atomic E-state index is -3.61. The second kappa shape index (κ2) is 9.53. The van der Waals surface area contributed by atoms with Crippen molar-refractivity contribution in [3.63, 3.8) is 0 Å². The Morgan fingerprint density at radius 3 is 2.45 bits per heavy atom. The number of hydrogen-bond donors (Lipinski definition) is 2. The first kappa shape index (κ1) is 22.8. The van der Waals surface area contributed by atoms with Gasteiger partial charge in [0.1, 0.15) is 0 Å². The minimum Gasteiger partial charge on any atom is -0.376 e. The number of carbonyl (C=O) groups is 1. The van der Waals surface area contributed by atoms with Crippen molar-refractivity contribution in [3.8, 4) is 0 Å². The average Bonchev–Trinajstić information content (AvgIpc) is 3.16. The van der Waals surface area contributed by atoms with Gasteiger partial charge >= 0.3 is 0 Å². The van der Waals surface area contributed by atoms with Crippen LogP contribution in [0.4, 0.5) is 11.4 Å². The molecule has 0 radical (unpaired) electrons. The van der Waals surface area contributed by atoms with Crippen molar-refractivity contribution >= 4 is 38.2 Å². The Kier molecular flexibility index (Phi) is 7.02. The molecule has 31 heavy (non-hydrogen) atoms. The molecule has 8 heteroatoms. The maximum absolute atomic E-state index is 12.9. The fraction of sp³-hybridized carbons (Fsp3) is 0.348. The summed E-state index contributed by atoms with van der Waals surface area (Å²) >= 11 is 0. The Labute approximate surface area is 184 Å². The summed E-state index contributed by atoms with van der Waals surface area (Å²) in [6.45, 7) is 4.40. The van der Waals surface area contributed by atoms with Crippen LogP contribution in [-0.4, -0.2) is 50.8 Å². The second-order valence-electron chi connectivity index (χ2n) is 7.57. The summed E-state index contributed by atoms with van der Waals surface area (Å²) in [4.78, 5) is 18.0. The number of nitrogens with zero attached hydrogens (tertiary/aromatic N) is 2. The molecule has 3 rings (SSSR count). The highest BCUT2D eigenvalue weighted by Crippen LogP contribution is 2.29. The number of nitrogens with one attached hydrogen (secondary N) is 2. The van der Waals surface area contributed by atoms with Gasteiger partial charge in [-0.2, -0.15) is 4.31 Å². The molecule has 0 unspecified atom stereocenters. The predicted octanol–water partition coefficient (Wildman–Crippen LogP) is 3.84. The number of aromatic nitrogens is 1. The highest BCUT2D eigenvalue weighted by Gasteiger charge is 2.23. The third-order valence-corrected chi connectivity index (χ3v) is 7.41. The lowest BCUT2D eigenvalue weighted by Gasteiger charge is -2.22. The molecule has 1 heterocycles. The van der Waals surface area contributed by atoms with E-state index >= 15 is 0 Å². The number of fused-ring (bicyclic) bond motifs is 1. The lowest BCUT2D eigenvalue weighted by molar-refractivity contribution is -0.116. The Balaban J connectivity index is 1.81. The zero-order valence-corrected chi connectivity index (χ0v) is 19.3. The number of para-hydroxylation sites is 1. The smallest absolute Gasteiger partial charge is 0.243 e. The molecule has 0 aliphatic rings. The van der Waals surface area contributed by atoms with Crippen molar-refractivity contribution in [3.05, 3.63) is 54.2 Å². The number of sulfonamides is 1. The van der Waals surface area contributed by atoms with Crippen molar-refractivity contribution in [2.24, 2.45) is 0 Å². The molecule has 166 valence electrons. The van der Waals surface area contributed by atoms with E-state index in [1.54, 1.807) is 18.2 Å². The summed E-state index contributed by atoms with van der Waals surface area (Å²) in [6.07, 6.45) is 2.81. The summed E-state index contributed by atoms with van der Waals surface area (Å²) in [5.74, 6) is -0.161. The lowest BCUT2D eigenvalue weighted by Crippen LogP contribution is -2.30. The third-order valence-electron chi connectivity index (χ3n) is 5.36. The first-order chi connectivity index (χ1) is 14.8. The van der Waals surface area contributed by atoms with E-state index in [-0.39, 0.29) is 10.8 Å². The Morgan fingerprint density at radius 1 is 1.06 bits per heavy atom. The zero-order valence-electron chi connectivity index (χ0n) is 18.5. The fourth-order valence-electron chi connectivity index (χ4n) is 3.68. The monoisotopic (exact) mass is 442 g/mol. The van der Waals surface area contributed by atoms with Crippen LogP contribution in [0.15, 0.2) is 53.6 Å². The van der Waals surface area contributed by atoms with Gasteiger partial charge in [-0.05, 0) is 36.2 Å². The van der Waals surface area contributed by atoms with Crippen LogP contribution in [0.3, 0.4) is 0 Å². The SMILES string of the molecule is CCN(CC)S(=O)(=O)c1ccc(N(C)C)c(NC(=O)CCc2c[nH]c3ccccc23)c1. The van der Waals surface area contributed by atoms with Crippen molar-refractivity contribution in [2.75, 3.05) is 37.4 Å². The number of rotatable bonds is 9. The summed E-state index contributed by atoms with van der Waals surface area (Å²) in [5.41, 5.74) is 3.36. The molecular formula is C23H30N4O3S. The van der Waals surface area contributed by atoms with Gasteiger partial charge in [0, 0.05) is 50.7 Å². The van der Waals surface area contributed by atoms with Crippen LogP contribution in [0.2, 0.25) is 0 Å². The van der Waals surface area contributed by atoms with E-state index in [9.17, 15) is 13.2 Å². The molecule has 0 fully saturated rings. The van der Waals surface area contributed by atoms with Gasteiger partial charge in [0.2, 0.25) is 15.9 Å². The van der Waals surface area contributed by atoms with Crippen molar-refractivity contribution in [2.45, 2.75) is 31.6 Å². The molecule has 0 saturated carbocycles. The number of aryl methyl sites for hydroxylation is 1. The average molecular weight is 443 g/mol. The van der Waals surface area contributed by atoms with Crippen LogP contribution in [0.5, 0.6) is 0 Å². The topological polar surface area (TPSA) is 85.5 Å². The van der Waals surface area contributed by atoms with E-state index in [0.717, 1.165) is 22.2 Å². The van der Waals surface area contributed by atoms with Crippen LogP contribution in [0.1, 0.15) is 25.8 Å². The van der Waals surface area contributed by atoms with Crippen LogP contribution in [-0.2, 0) is 21.2 Å². The maximum atomic E-state index is 12.9. The number of anilines is 2. The molecule has 2 N–H and O–H groups in total. The number of benzene rings is 2. The van der Waals surface area contributed by atoms with Crippen molar-refractivity contribution in [1.29, 1.82) is 0 Å². The molecule has 3 aromatic rings. The summed E-state index contributed by atoms with van der Waals surface area (Å²) < 4.78 is 27.2. The van der Waals surface area contributed by atoms with Crippen LogP contribution < -0.4 is 10.2 Å². The fourth-order valence-corrected chi connectivity index (χ4v) is 5.16. The third kappa shape index (κ3) is 4.91. The molecule has 7 nitrogen and oxygen atoms in total. The molecule has 0 aliphatic carbocycles. The second-order valence-corrected chi connectivity index (χ2v) is 9.51. The number of H-pyrrole nitrogens is 1. The van der Waals surface area contributed by atoms with E-state index in [1.165, 1.54) is 4.31 Å². The van der Waals surface area contributed by atoms with Gasteiger partial charge in [-0.1, -0.05) is 32.0 Å². The van der Waals surface area contributed by atoms with Crippen molar-refractivity contribution in [1.82, 2.24) is 9.29 Å². The molecule has 0 bridgehead atoms. The van der Waals surface area contributed by atoms with Crippen LogP contribution in [0, 0.1) is 0 Å². The van der Waals surface area contributed by atoms with E-state index in [1.807, 2.05) is 63.3 Å². The first-order valence-electron chi connectivity index (χ1n) is 10.4. The molecule has 0 saturated heterocycles. The lowest BCUT2D eigenvalue weighted by atomic mass is 10.1. The Bertz CT molecular complexity index is 1160. The largest absolute Gasteiger partial charge is 0.376 e. The predicted molar refractivity (Wildman–Crippen MR) is 126 cm³/mol. The quantitative estimate of drug-likeness (QED) is 0.527. The van der Waals surface area contributed by atoms with E-state index in [0.29, 0.717) is 31.6 Å². The van der Waals surface area contributed by atoms with Crippen LogP contribution in [0.25, 0.3) is 10.9 Å². The first-order valence-corrected chi connectivity index (χ1v) is 11.9. The highest BCUT2D eigenvalue weighted by atomic mass is 32.2. The van der Waals surface area contributed by atoms with Gasteiger partial charge in [0.05, 0.1) is 16.3 Å². The van der Waals surface area contributed by atoms with Crippen LogP contribution >= 0.6 is 0 Å². The number of carbonyl (C=O) groups excluding carboxylic acids is 1. The van der Waals surface area contributed by atoms with Gasteiger partial charge in [-0.15, -0.1) is 0 Å². The molecule has 0 spiro atoms. The van der Waals surface area contributed by atoms with Gasteiger partial charge < -0.3 is 15.2 Å². The summed E-state index contributed by atoms with van der Waals surface area (Å²) in [6, 6.07) is 12.8. The van der Waals surface area contributed by atoms with Gasteiger partial charge in [0.25, 0.3) is 0 Å². The molecule has 2 aromatic carbocycles. The molecule has 1 aromatic heterocycles. The molecule has 0 atom stereocenters. The molecule has 1 amide bonds. The molecular weight excluding hydrogens is 412 g/mol.